The summed E-state index contributed by atoms with van der Waals surface area (Å²) in [6.07, 6.45) is 1.59. The van der Waals surface area contributed by atoms with E-state index < -0.39 is 5.60 Å². The molecule has 0 aliphatic heterocycles. The summed E-state index contributed by atoms with van der Waals surface area (Å²) in [5.41, 5.74) is 1.24. The van der Waals surface area contributed by atoms with E-state index in [-0.39, 0.29) is 12.5 Å². The second-order valence-electron chi connectivity index (χ2n) is 6.72. The Morgan fingerprint density at radius 2 is 2.17 bits per heavy atom. The van der Waals surface area contributed by atoms with Crippen molar-refractivity contribution in [3.8, 4) is 0 Å². The highest BCUT2D eigenvalue weighted by atomic mass is 16.3. The number of amides is 1. The second kappa shape index (κ2) is 7.08. The lowest BCUT2D eigenvalue weighted by atomic mass is 9.95. The van der Waals surface area contributed by atoms with Crippen LogP contribution in [0.1, 0.15) is 50.9 Å². The zero-order valence-corrected chi connectivity index (χ0v) is 14.3. The Morgan fingerprint density at radius 1 is 1.43 bits per heavy atom. The van der Waals surface area contributed by atoms with Crippen molar-refractivity contribution in [3.05, 3.63) is 23.8 Å². The highest BCUT2D eigenvalue weighted by molar-refractivity contribution is 5.97. The van der Waals surface area contributed by atoms with Gasteiger partial charge in [-0.05, 0) is 50.8 Å². The number of hydrogen-bond donors (Lipinski definition) is 2. The molecule has 126 valence electrons. The number of nitrogens with one attached hydrogen (secondary N) is 1. The molecule has 2 rings (SSSR count). The Balaban J connectivity index is 2.00. The van der Waals surface area contributed by atoms with E-state index in [0.29, 0.717) is 23.4 Å². The fraction of sp³-hybridized carbons (Fsp3) is 0.588. The van der Waals surface area contributed by atoms with Crippen LogP contribution in [0.15, 0.2) is 18.2 Å². The Labute approximate surface area is 136 Å². The molecule has 1 amide bonds. The number of carbonyl (C=O) groups excluding carboxylic acids is 1. The number of rotatable bonds is 7. The third-order valence-corrected chi connectivity index (χ3v) is 3.97. The lowest BCUT2D eigenvalue weighted by Crippen LogP contribution is -2.40. The van der Waals surface area contributed by atoms with E-state index in [1.54, 1.807) is 23.7 Å². The van der Waals surface area contributed by atoms with Gasteiger partial charge in [0.25, 0.3) is 5.91 Å². The molecule has 1 aromatic heterocycles. The van der Waals surface area contributed by atoms with Crippen molar-refractivity contribution in [3.63, 3.8) is 0 Å². The minimum atomic E-state index is -0.893. The smallest absolute Gasteiger partial charge is 0.251 e. The van der Waals surface area contributed by atoms with Crippen LogP contribution < -0.4 is 5.32 Å². The third kappa shape index (κ3) is 4.51. The van der Waals surface area contributed by atoms with Crippen molar-refractivity contribution in [1.29, 1.82) is 0 Å². The first kappa shape index (κ1) is 17.4. The molecule has 1 unspecified atom stereocenters. The van der Waals surface area contributed by atoms with Crippen molar-refractivity contribution in [1.82, 2.24) is 20.3 Å². The maximum Gasteiger partial charge on any atom is 0.251 e. The fourth-order valence-electron chi connectivity index (χ4n) is 2.41. The van der Waals surface area contributed by atoms with Crippen molar-refractivity contribution >= 4 is 16.9 Å². The van der Waals surface area contributed by atoms with Crippen LogP contribution in [0.5, 0.6) is 0 Å². The van der Waals surface area contributed by atoms with Crippen LogP contribution in [-0.4, -0.2) is 38.2 Å². The number of benzene rings is 1. The molecule has 0 aliphatic carbocycles. The largest absolute Gasteiger partial charge is 0.388 e. The highest BCUT2D eigenvalue weighted by Crippen LogP contribution is 2.16. The second-order valence-corrected chi connectivity index (χ2v) is 6.72. The molecule has 1 heterocycles. The van der Waals surface area contributed by atoms with E-state index >= 15 is 0 Å². The van der Waals surface area contributed by atoms with Gasteiger partial charge in [-0.3, -0.25) is 4.79 Å². The zero-order valence-electron chi connectivity index (χ0n) is 14.3. The molecule has 0 fully saturated rings. The number of fused-ring (bicyclic) bond motifs is 1. The molecule has 0 bridgehead atoms. The van der Waals surface area contributed by atoms with E-state index in [4.69, 9.17) is 0 Å². The minimum absolute atomic E-state index is 0.206. The number of aromatic nitrogens is 3. The molecule has 0 saturated carbocycles. The van der Waals surface area contributed by atoms with Gasteiger partial charge in [0.1, 0.15) is 5.52 Å². The minimum Gasteiger partial charge on any atom is -0.388 e. The molecule has 0 spiro atoms. The summed E-state index contributed by atoms with van der Waals surface area (Å²) in [5, 5.41) is 21.2. The zero-order chi connectivity index (χ0) is 17.0. The van der Waals surface area contributed by atoms with Crippen LogP contribution in [0.25, 0.3) is 11.0 Å². The Hall–Kier alpha value is -1.95. The molecular formula is C17H26N4O2. The van der Waals surface area contributed by atoms with Crippen molar-refractivity contribution in [2.45, 2.75) is 52.7 Å². The van der Waals surface area contributed by atoms with Crippen LogP contribution in [0.3, 0.4) is 0 Å². The Morgan fingerprint density at radius 3 is 2.83 bits per heavy atom. The van der Waals surface area contributed by atoms with Gasteiger partial charge in [0, 0.05) is 18.7 Å². The molecule has 1 aromatic carbocycles. The summed E-state index contributed by atoms with van der Waals surface area (Å²) in [6, 6.07) is 5.34. The molecule has 6 nitrogen and oxygen atoms in total. The van der Waals surface area contributed by atoms with Gasteiger partial charge in [0.15, 0.2) is 0 Å². The quantitative estimate of drug-likeness (QED) is 0.821. The molecule has 0 saturated heterocycles. The van der Waals surface area contributed by atoms with E-state index in [1.165, 1.54) is 0 Å². The number of carbonyl (C=O) groups is 1. The van der Waals surface area contributed by atoms with Crippen molar-refractivity contribution in [2.24, 2.45) is 5.92 Å². The van der Waals surface area contributed by atoms with E-state index in [2.05, 4.69) is 29.5 Å². The fourth-order valence-corrected chi connectivity index (χ4v) is 2.41. The molecule has 0 aliphatic rings. The van der Waals surface area contributed by atoms with Gasteiger partial charge >= 0.3 is 0 Å². The number of aryl methyl sites for hydroxylation is 1. The van der Waals surface area contributed by atoms with E-state index in [0.717, 1.165) is 18.5 Å². The summed E-state index contributed by atoms with van der Waals surface area (Å²) in [7, 11) is 0. The van der Waals surface area contributed by atoms with Gasteiger partial charge in [0.2, 0.25) is 0 Å². The third-order valence-electron chi connectivity index (χ3n) is 3.97. The molecule has 0 radical (unpaired) electrons. The maximum absolute atomic E-state index is 12.3. The Kier molecular flexibility index (Phi) is 5.36. The van der Waals surface area contributed by atoms with Crippen LogP contribution in [-0.2, 0) is 6.54 Å². The van der Waals surface area contributed by atoms with Crippen LogP contribution in [0.2, 0.25) is 0 Å². The molecule has 6 heteroatoms. The van der Waals surface area contributed by atoms with Crippen LogP contribution >= 0.6 is 0 Å². The van der Waals surface area contributed by atoms with Crippen molar-refractivity contribution in [2.75, 3.05) is 6.54 Å². The van der Waals surface area contributed by atoms with Crippen molar-refractivity contribution < 1.29 is 9.90 Å². The highest BCUT2D eigenvalue weighted by Gasteiger charge is 2.22. The SMILES string of the molecule is CCn1nnc2cc(C(=O)NCC(C)(O)CCC(C)C)ccc21. The number of hydrogen-bond acceptors (Lipinski definition) is 4. The molecule has 2 N–H and O–H groups in total. The van der Waals surface area contributed by atoms with Gasteiger partial charge in [0.05, 0.1) is 11.1 Å². The van der Waals surface area contributed by atoms with E-state index in [9.17, 15) is 9.90 Å². The Bertz CT molecular complexity index is 676. The summed E-state index contributed by atoms with van der Waals surface area (Å²) < 4.78 is 1.79. The molecule has 23 heavy (non-hydrogen) atoms. The summed E-state index contributed by atoms with van der Waals surface area (Å²) in [4.78, 5) is 12.3. The predicted octanol–water partition coefficient (Wildman–Crippen LogP) is 2.37. The summed E-state index contributed by atoms with van der Waals surface area (Å²) in [6.45, 7) is 8.96. The van der Waals surface area contributed by atoms with Gasteiger partial charge < -0.3 is 10.4 Å². The topological polar surface area (TPSA) is 80.0 Å². The predicted molar refractivity (Wildman–Crippen MR) is 90.2 cm³/mol. The lowest BCUT2D eigenvalue weighted by molar-refractivity contribution is 0.0429. The maximum atomic E-state index is 12.3. The molecule has 1 atom stereocenters. The standard InChI is InChI=1S/C17H26N4O2/c1-5-21-15-7-6-13(10-14(15)19-20-21)16(22)18-11-17(4,23)9-8-12(2)3/h6-7,10,12,23H,5,8-9,11H2,1-4H3,(H,18,22). The van der Waals surface area contributed by atoms with Gasteiger partial charge in [-0.2, -0.15) is 0 Å². The average Bonchev–Trinajstić information content (AvgIpc) is 2.93. The lowest BCUT2D eigenvalue weighted by Gasteiger charge is -2.24. The summed E-state index contributed by atoms with van der Waals surface area (Å²) >= 11 is 0. The first-order valence-electron chi connectivity index (χ1n) is 8.16. The van der Waals surface area contributed by atoms with Gasteiger partial charge in [-0.25, -0.2) is 4.68 Å². The summed E-state index contributed by atoms with van der Waals surface area (Å²) in [5.74, 6) is 0.323. The monoisotopic (exact) mass is 318 g/mol. The number of nitrogens with zero attached hydrogens (tertiary/aromatic N) is 3. The first-order chi connectivity index (χ1) is 10.8. The first-order valence-corrected chi connectivity index (χ1v) is 8.16. The van der Waals surface area contributed by atoms with Gasteiger partial charge in [-0.15, -0.1) is 5.10 Å². The van der Waals surface area contributed by atoms with Crippen LogP contribution in [0.4, 0.5) is 0 Å². The molecular weight excluding hydrogens is 292 g/mol. The van der Waals surface area contributed by atoms with Gasteiger partial charge in [-0.1, -0.05) is 19.1 Å². The van der Waals surface area contributed by atoms with Crippen LogP contribution in [0, 0.1) is 5.92 Å². The average molecular weight is 318 g/mol. The normalized spacial score (nSPS) is 14.2. The molecule has 2 aromatic rings. The van der Waals surface area contributed by atoms with E-state index in [1.807, 2.05) is 13.0 Å². The number of aliphatic hydroxyl groups is 1.